The van der Waals surface area contributed by atoms with Crippen molar-refractivity contribution in [1.82, 2.24) is 24.8 Å². The summed E-state index contributed by atoms with van der Waals surface area (Å²) in [5, 5.41) is 1.34. The number of carbonyl (C=O) groups excluding carboxylic acids is 1. The lowest BCUT2D eigenvalue weighted by atomic mass is 9.95. The van der Waals surface area contributed by atoms with Gasteiger partial charge >= 0.3 is 12.1 Å². The lowest BCUT2D eigenvalue weighted by Gasteiger charge is -2.32. The Balaban J connectivity index is 1.32. The summed E-state index contributed by atoms with van der Waals surface area (Å²) < 4.78 is 58.3. The number of fused-ring (bicyclic) bond motifs is 3. The number of alkyl halides is 1. The number of halogens is 3. The van der Waals surface area contributed by atoms with Gasteiger partial charge in [0.25, 0.3) is 0 Å². The smallest absolute Gasteiger partial charge is 0.410 e. The van der Waals surface area contributed by atoms with Crippen LogP contribution in [0.15, 0.2) is 36.5 Å². The lowest BCUT2D eigenvalue weighted by Crippen LogP contribution is -2.43. The molecular formula is C38H41F3N6O3. The number of benzene rings is 2. The van der Waals surface area contributed by atoms with Crippen molar-refractivity contribution in [3.63, 3.8) is 0 Å². The number of hydrogen-bond acceptors (Lipinski definition) is 8. The largest absolute Gasteiger partial charge is 0.461 e. The fraction of sp³-hybridized carbons (Fsp3) is 0.474. The normalized spacial score (nSPS) is 23.7. The molecule has 0 saturated carbocycles. The zero-order valence-electron chi connectivity index (χ0n) is 29.0. The highest BCUT2D eigenvalue weighted by atomic mass is 19.1. The number of carbonyl (C=O) groups is 1. The fourth-order valence-corrected chi connectivity index (χ4v) is 7.97. The predicted molar refractivity (Wildman–Crippen MR) is 186 cm³/mol. The molecule has 4 atom stereocenters. The van der Waals surface area contributed by atoms with E-state index in [0.717, 1.165) is 19.4 Å². The number of rotatable bonds is 6. The van der Waals surface area contributed by atoms with Gasteiger partial charge in [0, 0.05) is 50.2 Å². The van der Waals surface area contributed by atoms with Gasteiger partial charge in [-0.15, -0.1) is 6.42 Å². The Morgan fingerprint density at radius 2 is 1.96 bits per heavy atom. The Morgan fingerprint density at radius 1 is 1.16 bits per heavy atom. The Labute approximate surface area is 289 Å². The molecule has 0 radical (unpaired) electrons. The van der Waals surface area contributed by atoms with E-state index >= 15 is 4.39 Å². The summed E-state index contributed by atoms with van der Waals surface area (Å²) in [5.74, 6) is 1.46. The van der Waals surface area contributed by atoms with E-state index in [9.17, 15) is 13.6 Å². The number of aromatic nitrogens is 3. The monoisotopic (exact) mass is 686 g/mol. The summed E-state index contributed by atoms with van der Waals surface area (Å²) >= 11 is 0. The van der Waals surface area contributed by atoms with Crippen molar-refractivity contribution in [1.29, 1.82) is 0 Å². The minimum atomic E-state index is -0.945. The molecule has 0 unspecified atom stereocenters. The average Bonchev–Trinajstić information content (AvgIpc) is 3.74. The number of likely N-dealkylation sites (N-methyl/N-ethyl adjacent to an activating group) is 1. The minimum Gasteiger partial charge on any atom is -0.461 e. The van der Waals surface area contributed by atoms with Crippen LogP contribution in [0.25, 0.3) is 32.9 Å². The molecule has 9 nitrogen and oxygen atoms in total. The van der Waals surface area contributed by atoms with E-state index in [1.165, 1.54) is 12.3 Å². The minimum absolute atomic E-state index is 0.0117. The Kier molecular flexibility index (Phi) is 8.53. The summed E-state index contributed by atoms with van der Waals surface area (Å²) in [7, 11) is 1.84. The molecule has 1 amide bonds. The van der Waals surface area contributed by atoms with Gasteiger partial charge in [0.1, 0.15) is 41.2 Å². The molecule has 0 spiro atoms. The molecule has 0 bridgehead atoms. The molecule has 2 aromatic carbocycles. The topological polar surface area (TPSA) is 83.9 Å². The fourth-order valence-electron chi connectivity index (χ4n) is 7.97. The third-order valence-electron chi connectivity index (χ3n) is 10.3. The first-order chi connectivity index (χ1) is 23.8. The second-order valence-corrected chi connectivity index (χ2v) is 14.9. The molecule has 7 rings (SSSR count). The molecule has 0 N–H and O–H groups in total. The average molecular weight is 687 g/mol. The molecule has 262 valence electrons. The van der Waals surface area contributed by atoms with Crippen LogP contribution >= 0.6 is 0 Å². The first kappa shape index (κ1) is 33.8. The van der Waals surface area contributed by atoms with Gasteiger partial charge in [0.15, 0.2) is 5.82 Å². The third-order valence-corrected chi connectivity index (χ3v) is 10.3. The van der Waals surface area contributed by atoms with E-state index in [2.05, 4.69) is 20.8 Å². The van der Waals surface area contributed by atoms with Gasteiger partial charge in [-0.1, -0.05) is 37.1 Å². The SMILES string of the molecule is C#Cc1c(F)ccc2cccc(-c3ncc4c(N(C)[C@H]5CN(C(=O)OC(C)(C)C)C[C@H]5C)nc(OC[C@@]56CCCN5C[C@H](F)C6)nc4c3F)c12. The standard InChI is InChI=1S/C38H41F3N6O3/c1-7-25-28(40)13-12-23-10-8-11-26(30(23)25)32-31(41)33-27(17-42-32)34(45(6)29-20-46(18-22(29)2)36(48)50-37(3,4)5)44-35(43-33)49-21-38-14-9-15-47(38)19-24(39)16-38/h1,8,10-13,17,22,24,29H,9,14-16,18-21H2,2-6H3/t22-,24-,29+,38+/m1/s1. The van der Waals surface area contributed by atoms with Crippen molar-refractivity contribution in [2.75, 3.05) is 44.7 Å². The number of pyridine rings is 1. The molecule has 0 aliphatic carbocycles. The Bertz CT molecular complexity index is 2030. The van der Waals surface area contributed by atoms with Crippen LogP contribution in [0, 0.1) is 29.9 Å². The van der Waals surface area contributed by atoms with E-state index in [1.54, 1.807) is 29.2 Å². The Hall–Kier alpha value is -4.63. The molecular weight excluding hydrogens is 645 g/mol. The summed E-state index contributed by atoms with van der Waals surface area (Å²) in [6, 6.07) is 7.79. The number of terminal acetylenes is 1. The Morgan fingerprint density at radius 3 is 2.72 bits per heavy atom. The molecule has 3 aliphatic rings. The number of amides is 1. The first-order valence-corrected chi connectivity index (χ1v) is 17.1. The second kappa shape index (κ2) is 12.6. The van der Waals surface area contributed by atoms with Crippen LogP contribution in [-0.2, 0) is 4.74 Å². The van der Waals surface area contributed by atoms with Crippen LogP contribution in [0.3, 0.4) is 0 Å². The zero-order chi connectivity index (χ0) is 35.5. The number of nitrogens with zero attached hydrogens (tertiary/aromatic N) is 6. The van der Waals surface area contributed by atoms with Crippen molar-refractivity contribution in [2.45, 2.75) is 70.3 Å². The van der Waals surface area contributed by atoms with Crippen molar-refractivity contribution in [3.05, 3.63) is 53.7 Å². The molecule has 3 aliphatic heterocycles. The van der Waals surface area contributed by atoms with E-state index in [-0.39, 0.29) is 41.4 Å². The van der Waals surface area contributed by atoms with Gasteiger partial charge in [-0.3, -0.25) is 9.88 Å². The zero-order valence-corrected chi connectivity index (χ0v) is 29.0. The van der Waals surface area contributed by atoms with Crippen molar-refractivity contribution in [3.8, 4) is 29.6 Å². The summed E-state index contributed by atoms with van der Waals surface area (Å²) in [4.78, 5) is 32.6. The molecule has 12 heteroatoms. The van der Waals surface area contributed by atoms with Gasteiger partial charge in [-0.2, -0.15) is 9.97 Å². The molecule has 50 heavy (non-hydrogen) atoms. The van der Waals surface area contributed by atoms with Crippen molar-refractivity contribution in [2.24, 2.45) is 5.92 Å². The third kappa shape index (κ3) is 5.95. The van der Waals surface area contributed by atoms with Crippen LogP contribution in [0.4, 0.5) is 23.8 Å². The summed E-state index contributed by atoms with van der Waals surface area (Å²) in [6.45, 7) is 9.63. The van der Waals surface area contributed by atoms with Gasteiger partial charge in [-0.25, -0.2) is 18.0 Å². The van der Waals surface area contributed by atoms with Crippen molar-refractivity contribution >= 4 is 33.6 Å². The van der Waals surface area contributed by atoms with Crippen LogP contribution < -0.4 is 9.64 Å². The maximum absolute atomic E-state index is 16.9. The molecule has 2 aromatic heterocycles. The first-order valence-electron chi connectivity index (χ1n) is 17.1. The number of hydrogen-bond donors (Lipinski definition) is 0. The number of likely N-dealkylation sites (tertiary alicyclic amines) is 1. The number of anilines is 1. The second-order valence-electron chi connectivity index (χ2n) is 14.9. The highest BCUT2D eigenvalue weighted by Crippen LogP contribution is 2.41. The van der Waals surface area contributed by atoms with Gasteiger partial charge in [0.05, 0.1) is 22.5 Å². The van der Waals surface area contributed by atoms with Crippen LogP contribution in [0.1, 0.15) is 52.5 Å². The molecule has 5 heterocycles. The molecule has 3 saturated heterocycles. The van der Waals surface area contributed by atoms with Gasteiger partial charge in [0.2, 0.25) is 0 Å². The van der Waals surface area contributed by atoms with Gasteiger partial charge < -0.3 is 19.3 Å². The quantitative estimate of drug-likeness (QED) is 0.206. The van der Waals surface area contributed by atoms with Gasteiger partial charge in [-0.05, 0) is 57.5 Å². The van der Waals surface area contributed by atoms with E-state index in [1.807, 2.05) is 39.6 Å². The molecule has 4 aromatic rings. The summed E-state index contributed by atoms with van der Waals surface area (Å²) in [5.41, 5.74) is -0.874. The number of ether oxygens (including phenoxy) is 2. The highest BCUT2D eigenvalue weighted by Gasteiger charge is 2.49. The maximum atomic E-state index is 16.9. The van der Waals surface area contributed by atoms with Crippen LogP contribution in [0.2, 0.25) is 0 Å². The lowest BCUT2D eigenvalue weighted by molar-refractivity contribution is 0.0287. The van der Waals surface area contributed by atoms with Crippen LogP contribution in [-0.4, -0.2) is 94.0 Å². The maximum Gasteiger partial charge on any atom is 0.410 e. The van der Waals surface area contributed by atoms with Crippen molar-refractivity contribution < 1.29 is 27.4 Å². The summed E-state index contributed by atoms with van der Waals surface area (Å²) in [6.07, 6.45) is 7.94. The molecule has 3 fully saturated rings. The van der Waals surface area contributed by atoms with E-state index < -0.39 is 35.0 Å². The predicted octanol–water partition coefficient (Wildman–Crippen LogP) is 6.75. The van der Waals surface area contributed by atoms with E-state index in [4.69, 9.17) is 20.9 Å². The van der Waals surface area contributed by atoms with E-state index in [0.29, 0.717) is 53.6 Å². The highest BCUT2D eigenvalue weighted by molar-refractivity contribution is 6.02. The van der Waals surface area contributed by atoms with Crippen LogP contribution in [0.5, 0.6) is 6.01 Å².